The highest BCUT2D eigenvalue weighted by molar-refractivity contribution is 5.97. The minimum absolute atomic E-state index is 0.0466. The van der Waals surface area contributed by atoms with E-state index < -0.39 is 0 Å². The first kappa shape index (κ1) is 17.2. The Balaban J connectivity index is 1.87. The minimum atomic E-state index is -0.294. The summed E-state index contributed by atoms with van der Waals surface area (Å²) in [6.45, 7) is 9.21. The van der Waals surface area contributed by atoms with Crippen molar-refractivity contribution in [2.75, 3.05) is 0 Å². The molecule has 0 aliphatic rings. The number of ketones is 1. The Morgan fingerprint density at radius 3 is 2.68 bits per heavy atom. The lowest BCUT2D eigenvalue weighted by Gasteiger charge is -2.11. The first-order valence-corrected chi connectivity index (χ1v) is 8.62. The number of carbonyl (C=O) groups is 1. The zero-order valence-electron chi connectivity index (χ0n) is 15.2. The van der Waals surface area contributed by atoms with Crippen LogP contribution < -0.4 is 5.69 Å². The number of carbonyl (C=O) groups excluding carboxylic acids is 1. The summed E-state index contributed by atoms with van der Waals surface area (Å²) < 4.78 is 4.86. The Morgan fingerprint density at radius 1 is 1.24 bits per heavy atom. The number of Topliss-reactive ketones (excluding diaryl/α,β-unsaturated/α-hetero) is 1. The van der Waals surface area contributed by atoms with E-state index in [9.17, 15) is 9.59 Å². The maximum Gasteiger partial charge on any atom is 0.350 e. The van der Waals surface area contributed by atoms with Crippen molar-refractivity contribution < 1.29 is 4.79 Å². The number of rotatable bonds is 6. The van der Waals surface area contributed by atoms with Crippen LogP contribution in [0, 0.1) is 19.8 Å². The van der Waals surface area contributed by atoms with Crippen molar-refractivity contribution in [3.63, 3.8) is 0 Å². The van der Waals surface area contributed by atoms with Crippen molar-refractivity contribution >= 4 is 11.4 Å². The highest BCUT2D eigenvalue weighted by atomic mass is 16.2. The van der Waals surface area contributed by atoms with Gasteiger partial charge < -0.3 is 4.57 Å². The van der Waals surface area contributed by atoms with Gasteiger partial charge in [-0.05, 0) is 44.4 Å². The van der Waals surface area contributed by atoms with Crippen LogP contribution in [-0.4, -0.2) is 24.5 Å². The molecule has 0 N–H and O–H groups in total. The molecule has 0 amide bonds. The fourth-order valence-corrected chi connectivity index (χ4v) is 3.11. The van der Waals surface area contributed by atoms with E-state index in [0.717, 1.165) is 24.4 Å². The summed E-state index contributed by atoms with van der Waals surface area (Å²) in [6.07, 6.45) is 2.72. The molecule has 0 aliphatic heterocycles. The molecular formula is C19H24N4O2. The van der Waals surface area contributed by atoms with Crippen LogP contribution >= 0.6 is 0 Å². The summed E-state index contributed by atoms with van der Waals surface area (Å²) in [7, 11) is 0. The number of pyridine rings is 1. The van der Waals surface area contributed by atoms with Crippen LogP contribution in [0.1, 0.15) is 42.0 Å². The summed E-state index contributed by atoms with van der Waals surface area (Å²) in [4.78, 5) is 25.1. The summed E-state index contributed by atoms with van der Waals surface area (Å²) in [5.41, 5.74) is 2.95. The van der Waals surface area contributed by atoms with Crippen LogP contribution in [-0.2, 0) is 13.1 Å². The normalized spacial score (nSPS) is 11.6. The standard InChI is InChI=1S/C19H24N4O2/c1-13(2)8-10-21-14(3)11-16(15(21)4)17(24)12-23-19(25)22-9-6-5-7-18(22)20-23/h5-7,9,11,13H,8,10,12H2,1-4H3. The number of nitrogens with zero attached hydrogens (tertiary/aromatic N) is 4. The van der Waals surface area contributed by atoms with Crippen LogP contribution in [0.25, 0.3) is 5.65 Å². The molecule has 25 heavy (non-hydrogen) atoms. The lowest BCUT2D eigenvalue weighted by molar-refractivity contribution is 0.0965. The van der Waals surface area contributed by atoms with Crippen LogP contribution in [0.3, 0.4) is 0 Å². The van der Waals surface area contributed by atoms with E-state index in [0.29, 0.717) is 17.1 Å². The molecule has 0 bridgehead atoms. The van der Waals surface area contributed by atoms with Gasteiger partial charge in [0.15, 0.2) is 11.4 Å². The molecule has 3 aromatic rings. The van der Waals surface area contributed by atoms with Crippen molar-refractivity contribution in [3.05, 3.63) is 57.9 Å². The molecule has 0 saturated heterocycles. The van der Waals surface area contributed by atoms with E-state index >= 15 is 0 Å². The molecule has 0 unspecified atom stereocenters. The fourth-order valence-electron chi connectivity index (χ4n) is 3.11. The Bertz CT molecular complexity index is 975. The van der Waals surface area contributed by atoms with Gasteiger partial charge >= 0.3 is 5.69 Å². The van der Waals surface area contributed by atoms with Gasteiger partial charge in [-0.3, -0.25) is 9.20 Å². The SMILES string of the molecule is Cc1cc(C(=O)Cn2nc3ccccn3c2=O)c(C)n1CCC(C)C. The van der Waals surface area contributed by atoms with E-state index in [4.69, 9.17) is 0 Å². The van der Waals surface area contributed by atoms with Crippen molar-refractivity contribution in [3.8, 4) is 0 Å². The highest BCUT2D eigenvalue weighted by Gasteiger charge is 2.18. The third kappa shape index (κ3) is 3.29. The van der Waals surface area contributed by atoms with Gasteiger partial charge in [-0.15, -0.1) is 5.10 Å². The smallest absolute Gasteiger partial charge is 0.348 e. The topological polar surface area (TPSA) is 61.3 Å². The van der Waals surface area contributed by atoms with Gasteiger partial charge in [-0.2, -0.15) is 0 Å². The lowest BCUT2D eigenvalue weighted by Crippen LogP contribution is -2.25. The predicted octanol–water partition coefficient (Wildman–Crippen LogP) is 2.84. The molecule has 6 nitrogen and oxygen atoms in total. The van der Waals surface area contributed by atoms with Crippen LogP contribution in [0.4, 0.5) is 0 Å². The number of hydrogen-bond acceptors (Lipinski definition) is 3. The van der Waals surface area contributed by atoms with E-state index in [1.165, 1.54) is 9.08 Å². The average Bonchev–Trinajstić information content (AvgIpc) is 3.03. The number of aromatic nitrogens is 4. The van der Waals surface area contributed by atoms with Gasteiger partial charge in [0.2, 0.25) is 0 Å². The monoisotopic (exact) mass is 340 g/mol. The molecule has 132 valence electrons. The second kappa shape index (κ2) is 6.70. The maximum atomic E-state index is 12.7. The van der Waals surface area contributed by atoms with Crippen molar-refractivity contribution in [1.82, 2.24) is 18.7 Å². The molecule has 6 heteroatoms. The molecule has 0 aliphatic carbocycles. The van der Waals surface area contributed by atoms with Crippen LogP contribution in [0.15, 0.2) is 35.3 Å². The maximum absolute atomic E-state index is 12.7. The molecule has 0 atom stereocenters. The molecule has 0 radical (unpaired) electrons. The van der Waals surface area contributed by atoms with Crippen molar-refractivity contribution in [2.45, 2.75) is 47.2 Å². The molecule has 0 spiro atoms. The third-order valence-electron chi connectivity index (χ3n) is 4.59. The number of hydrogen-bond donors (Lipinski definition) is 0. The van der Waals surface area contributed by atoms with Gasteiger partial charge in [0, 0.05) is 29.7 Å². The number of aryl methyl sites for hydroxylation is 1. The Morgan fingerprint density at radius 2 is 2.00 bits per heavy atom. The highest BCUT2D eigenvalue weighted by Crippen LogP contribution is 2.18. The Kier molecular flexibility index (Phi) is 4.61. The van der Waals surface area contributed by atoms with E-state index in [1.807, 2.05) is 26.0 Å². The molecule has 3 rings (SSSR count). The second-order valence-corrected chi connectivity index (χ2v) is 6.91. The fraction of sp³-hybridized carbons (Fsp3) is 0.421. The Hall–Kier alpha value is -2.63. The summed E-state index contributed by atoms with van der Waals surface area (Å²) in [5.74, 6) is 0.520. The van der Waals surface area contributed by atoms with Crippen LogP contribution in [0.5, 0.6) is 0 Å². The van der Waals surface area contributed by atoms with E-state index in [1.54, 1.807) is 18.3 Å². The summed E-state index contributed by atoms with van der Waals surface area (Å²) in [6, 6.07) is 7.25. The first-order valence-electron chi connectivity index (χ1n) is 8.62. The van der Waals surface area contributed by atoms with Gasteiger partial charge in [0.1, 0.15) is 6.54 Å². The Labute approximate surface area is 146 Å². The molecule has 0 fully saturated rings. The molecule has 0 aromatic carbocycles. The predicted molar refractivity (Wildman–Crippen MR) is 97.1 cm³/mol. The van der Waals surface area contributed by atoms with Gasteiger partial charge in [-0.1, -0.05) is 19.9 Å². The quantitative estimate of drug-likeness (QED) is 0.648. The minimum Gasteiger partial charge on any atom is -0.348 e. The van der Waals surface area contributed by atoms with Crippen molar-refractivity contribution in [1.29, 1.82) is 0 Å². The lowest BCUT2D eigenvalue weighted by atomic mass is 10.1. The average molecular weight is 340 g/mol. The molecule has 3 aromatic heterocycles. The second-order valence-electron chi connectivity index (χ2n) is 6.91. The first-order chi connectivity index (χ1) is 11.9. The largest absolute Gasteiger partial charge is 0.350 e. The van der Waals surface area contributed by atoms with Gasteiger partial charge in [-0.25, -0.2) is 9.48 Å². The zero-order valence-corrected chi connectivity index (χ0v) is 15.2. The van der Waals surface area contributed by atoms with Gasteiger partial charge in [0.05, 0.1) is 0 Å². The van der Waals surface area contributed by atoms with Gasteiger partial charge in [0.25, 0.3) is 0 Å². The summed E-state index contributed by atoms with van der Waals surface area (Å²) >= 11 is 0. The van der Waals surface area contributed by atoms with E-state index in [-0.39, 0.29) is 18.0 Å². The number of fused-ring (bicyclic) bond motifs is 1. The molecular weight excluding hydrogens is 316 g/mol. The molecule has 3 heterocycles. The van der Waals surface area contributed by atoms with Crippen LogP contribution in [0.2, 0.25) is 0 Å². The molecule has 0 saturated carbocycles. The summed E-state index contributed by atoms with van der Waals surface area (Å²) in [5, 5.41) is 4.24. The zero-order chi connectivity index (χ0) is 18.1. The van der Waals surface area contributed by atoms with E-state index in [2.05, 4.69) is 23.5 Å². The third-order valence-corrected chi connectivity index (χ3v) is 4.59. The van der Waals surface area contributed by atoms with Crippen molar-refractivity contribution in [2.24, 2.45) is 5.92 Å².